The minimum absolute atomic E-state index is 0.0542. The van der Waals surface area contributed by atoms with E-state index in [1.165, 1.54) is 24.5 Å². The Labute approximate surface area is 156 Å². The van der Waals surface area contributed by atoms with Crippen molar-refractivity contribution >= 4 is 40.6 Å². The van der Waals surface area contributed by atoms with E-state index in [0.29, 0.717) is 20.4 Å². The van der Waals surface area contributed by atoms with Crippen LogP contribution in [0.4, 0.5) is 11.4 Å². The van der Waals surface area contributed by atoms with Crippen molar-refractivity contribution in [3.8, 4) is 0 Å². The number of carbonyl (C=O) groups excluding carboxylic acids is 1. The summed E-state index contributed by atoms with van der Waals surface area (Å²) in [5.41, 5.74) is 0.554. The number of hydrogen-bond acceptors (Lipinski definition) is 7. The Bertz CT molecular complexity index is 1170. The van der Waals surface area contributed by atoms with Crippen LogP contribution in [0.2, 0.25) is 0 Å². The molecule has 2 aromatic heterocycles. The number of nitro benzene ring substituents is 1. The van der Waals surface area contributed by atoms with Crippen LogP contribution in [0.25, 0.3) is 12.2 Å². The quantitative estimate of drug-likeness (QED) is 0.405. The molecular formula is C18H15N3O5S. The monoisotopic (exact) mass is 385 g/mol. The van der Waals surface area contributed by atoms with Crippen molar-refractivity contribution in [3.63, 3.8) is 0 Å². The molecule has 0 saturated carbocycles. The summed E-state index contributed by atoms with van der Waals surface area (Å²) in [6.07, 6.45) is 4.21. The zero-order valence-corrected chi connectivity index (χ0v) is 15.3. The first-order valence-corrected chi connectivity index (χ1v) is 8.63. The summed E-state index contributed by atoms with van der Waals surface area (Å²) >= 11 is 1.08. The second-order valence-corrected chi connectivity index (χ2v) is 6.90. The maximum absolute atomic E-state index is 12.1. The van der Waals surface area contributed by atoms with Crippen LogP contribution in [0.3, 0.4) is 0 Å². The van der Waals surface area contributed by atoms with Crippen molar-refractivity contribution in [1.29, 1.82) is 0 Å². The largest absolute Gasteiger partial charge is 0.461 e. The number of anilines is 1. The molecule has 138 valence electrons. The fourth-order valence-electron chi connectivity index (χ4n) is 2.44. The lowest BCUT2D eigenvalue weighted by atomic mass is 10.1. The van der Waals surface area contributed by atoms with Crippen molar-refractivity contribution in [2.75, 3.05) is 19.0 Å². The highest BCUT2D eigenvalue weighted by molar-refractivity contribution is 7.07. The Morgan fingerprint density at radius 1 is 1.33 bits per heavy atom. The van der Waals surface area contributed by atoms with Gasteiger partial charge in [-0.2, -0.15) is 0 Å². The first kappa shape index (κ1) is 18.3. The molecule has 0 aliphatic carbocycles. The lowest BCUT2D eigenvalue weighted by molar-refractivity contribution is -0.384. The number of carbonyl (C=O) groups is 1. The summed E-state index contributed by atoms with van der Waals surface area (Å²) in [4.78, 5) is 39.2. The molecule has 0 atom stereocenters. The van der Waals surface area contributed by atoms with E-state index in [1.54, 1.807) is 43.3 Å². The average Bonchev–Trinajstić information content (AvgIpc) is 3.25. The van der Waals surface area contributed by atoms with E-state index in [0.717, 1.165) is 11.3 Å². The number of furan rings is 1. The SMILES string of the molecule is CN(C)c1ccc(/C=c2\s/c(=C\C(=O)c3ccco3)[nH]c2=O)cc1[N+](=O)[O-]. The first-order chi connectivity index (χ1) is 12.8. The third-order valence-corrected chi connectivity index (χ3v) is 4.65. The molecule has 9 heteroatoms. The Morgan fingerprint density at radius 2 is 2.11 bits per heavy atom. The van der Waals surface area contributed by atoms with Gasteiger partial charge in [-0.05, 0) is 29.8 Å². The standard InChI is InChI=1S/C18H15N3O5S/c1-20(2)12-6-5-11(8-13(12)21(24)25)9-16-18(23)19-17(27-16)10-14(22)15-4-3-7-26-15/h3-10H,1-2H3,(H,19,23)/b16-9-,17-10-. The number of thiazole rings is 1. The minimum atomic E-state index is -0.466. The molecule has 8 nitrogen and oxygen atoms in total. The van der Waals surface area contributed by atoms with E-state index >= 15 is 0 Å². The third-order valence-electron chi connectivity index (χ3n) is 3.68. The smallest absolute Gasteiger partial charge is 0.293 e. The molecule has 0 aliphatic rings. The van der Waals surface area contributed by atoms with Gasteiger partial charge in [0.05, 0.1) is 20.4 Å². The molecule has 0 unspecified atom stereocenters. The van der Waals surface area contributed by atoms with Gasteiger partial charge in [-0.1, -0.05) is 6.07 Å². The van der Waals surface area contributed by atoms with Crippen LogP contribution in [0.15, 0.2) is 45.8 Å². The van der Waals surface area contributed by atoms with Crippen LogP contribution in [0.1, 0.15) is 16.1 Å². The summed E-state index contributed by atoms with van der Waals surface area (Å²) in [5.74, 6) is -0.195. The predicted molar refractivity (Wildman–Crippen MR) is 103 cm³/mol. The van der Waals surface area contributed by atoms with E-state index in [1.807, 2.05) is 0 Å². The zero-order chi connectivity index (χ0) is 19.6. The first-order valence-electron chi connectivity index (χ1n) is 7.81. The Hall–Kier alpha value is -3.46. The average molecular weight is 385 g/mol. The number of benzene rings is 1. The van der Waals surface area contributed by atoms with Crippen LogP contribution in [0, 0.1) is 10.1 Å². The summed E-state index contributed by atoms with van der Waals surface area (Å²) in [5, 5.41) is 11.3. The van der Waals surface area contributed by atoms with Crippen LogP contribution in [0.5, 0.6) is 0 Å². The number of nitrogens with zero attached hydrogens (tertiary/aromatic N) is 2. The molecule has 3 rings (SSSR count). The van der Waals surface area contributed by atoms with Gasteiger partial charge in [0.1, 0.15) is 5.69 Å². The lowest BCUT2D eigenvalue weighted by Gasteiger charge is -2.12. The molecule has 2 heterocycles. The Morgan fingerprint density at radius 3 is 2.74 bits per heavy atom. The molecule has 0 fully saturated rings. The van der Waals surface area contributed by atoms with E-state index in [2.05, 4.69) is 4.98 Å². The van der Waals surface area contributed by atoms with Gasteiger partial charge in [0, 0.05) is 26.2 Å². The number of aromatic nitrogens is 1. The number of hydrogen-bond donors (Lipinski definition) is 1. The fraction of sp³-hybridized carbons (Fsp3) is 0.111. The van der Waals surface area contributed by atoms with Crippen molar-refractivity contribution in [1.82, 2.24) is 4.98 Å². The molecule has 0 radical (unpaired) electrons. The van der Waals surface area contributed by atoms with Gasteiger partial charge in [0.15, 0.2) is 5.76 Å². The van der Waals surface area contributed by atoms with Crippen molar-refractivity contribution in [2.24, 2.45) is 0 Å². The number of ketones is 1. The fourth-order valence-corrected chi connectivity index (χ4v) is 3.32. The van der Waals surface area contributed by atoms with Crippen molar-refractivity contribution in [2.45, 2.75) is 0 Å². The highest BCUT2D eigenvalue weighted by Crippen LogP contribution is 2.27. The van der Waals surface area contributed by atoms with Crippen LogP contribution in [-0.2, 0) is 0 Å². The molecule has 27 heavy (non-hydrogen) atoms. The number of rotatable bonds is 5. The van der Waals surface area contributed by atoms with Crippen LogP contribution in [-0.4, -0.2) is 29.8 Å². The van der Waals surface area contributed by atoms with Gasteiger partial charge in [0.2, 0.25) is 5.78 Å². The van der Waals surface area contributed by atoms with E-state index < -0.39 is 4.92 Å². The summed E-state index contributed by atoms with van der Waals surface area (Å²) in [6.45, 7) is 0. The molecule has 0 bridgehead atoms. The van der Waals surface area contributed by atoms with E-state index in [4.69, 9.17) is 4.42 Å². The van der Waals surface area contributed by atoms with Crippen molar-refractivity contribution in [3.05, 3.63) is 77.6 Å². The number of nitro groups is 1. The Balaban J connectivity index is 2.03. The Kier molecular flexibility index (Phi) is 5.04. The topological polar surface area (TPSA) is 109 Å². The molecule has 0 spiro atoms. The van der Waals surface area contributed by atoms with Crippen molar-refractivity contribution < 1.29 is 14.1 Å². The summed E-state index contributed by atoms with van der Waals surface area (Å²) < 4.78 is 5.72. The lowest BCUT2D eigenvalue weighted by Crippen LogP contribution is -2.20. The molecule has 3 aromatic rings. The van der Waals surface area contributed by atoms with E-state index in [-0.39, 0.29) is 22.8 Å². The number of nitrogens with one attached hydrogen (secondary N) is 1. The summed E-state index contributed by atoms with van der Waals surface area (Å²) in [7, 11) is 3.43. The number of Topliss-reactive ketones (excluding diaryl/α,β-unsaturated/α-hetero) is 1. The zero-order valence-electron chi connectivity index (χ0n) is 14.5. The second-order valence-electron chi connectivity index (χ2n) is 5.81. The molecule has 1 N–H and O–H groups in total. The van der Waals surface area contributed by atoms with Gasteiger partial charge >= 0.3 is 0 Å². The maximum Gasteiger partial charge on any atom is 0.293 e. The van der Waals surface area contributed by atoms with Gasteiger partial charge < -0.3 is 14.3 Å². The van der Waals surface area contributed by atoms with Crippen LogP contribution < -0.4 is 19.7 Å². The molecule has 0 saturated heterocycles. The van der Waals surface area contributed by atoms with Gasteiger partial charge in [-0.15, -0.1) is 11.3 Å². The number of H-pyrrole nitrogens is 1. The predicted octanol–water partition coefficient (Wildman–Crippen LogP) is 1.50. The highest BCUT2D eigenvalue weighted by Gasteiger charge is 2.15. The van der Waals surface area contributed by atoms with Gasteiger partial charge in [0.25, 0.3) is 11.2 Å². The molecule has 1 aromatic carbocycles. The van der Waals surface area contributed by atoms with Crippen LogP contribution >= 0.6 is 11.3 Å². The van der Waals surface area contributed by atoms with Gasteiger partial charge in [-0.25, -0.2) is 0 Å². The minimum Gasteiger partial charge on any atom is -0.461 e. The molecular weight excluding hydrogens is 370 g/mol. The summed E-state index contributed by atoms with van der Waals surface area (Å²) in [6, 6.07) is 7.86. The maximum atomic E-state index is 12.1. The third kappa shape index (κ3) is 4.04. The van der Waals surface area contributed by atoms with E-state index in [9.17, 15) is 19.7 Å². The normalized spacial score (nSPS) is 12.4. The van der Waals surface area contributed by atoms with Gasteiger partial charge in [-0.3, -0.25) is 19.7 Å². The second kappa shape index (κ2) is 7.42. The number of aromatic amines is 1. The highest BCUT2D eigenvalue weighted by atomic mass is 32.1. The molecule has 0 aliphatic heterocycles. The molecule has 0 amide bonds.